The second-order valence-electron chi connectivity index (χ2n) is 5.66. The Morgan fingerprint density at radius 2 is 1.96 bits per heavy atom. The van der Waals surface area contributed by atoms with Gasteiger partial charge in [0.25, 0.3) is 5.91 Å². The average Bonchev–Trinajstić information content (AvgIpc) is 2.85. The van der Waals surface area contributed by atoms with E-state index in [0.29, 0.717) is 16.9 Å². The summed E-state index contributed by atoms with van der Waals surface area (Å²) in [4.78, 5) is 24.9. The first-order valence-electron chi connectivity index (χ1n) is 7.24. The number of furan rings is 1. The van der Waals surface area contributed by atoms with Crippen LogP contribution >= 0.6 is 0 Å². The summed E-state index contributed by atoms with van der Waals surface area (Å²) < 4.78 is 27.7. The molecule has 0 saturated carbocycles. The summed E-state index contributed by atoms with van der Waals surface area (Å²) in [6.07, 6.45) is 0. The first-order valence-corrected chi connectivity index (χ1v) is 8.96. The van der Waals surface area contributed by atoms with E-state index in [1.807, 2.05) is 0 Å². The summed E-state index contributed by atoms with van der Waals surface area (Å²) in [5.74, 6) is -1.22. The van der Waals surface area contributed by atoms with E-state index in [1.54, 1.807) is 18.2 Å². The zero-order chi connectivity index (χ0) is 18.8. The van der Waals surface area contributed by atoms with Crippen molar-refractivity contribution >= 4 is 21.9 Å². The number of rotatable bonds is 6. The van der Waals surface area contributed by atoms with Crippen LogP contribution in [0, 0.1) is 6.92 Å². The van der Waals surface area contributed by atoms with Crippen molar-refractivity contribution in [1.82, 2.24) is 4.90 Å². The minimum Gasteiger partial charge on any atom is -0.478 e. The van der Waals surface area contributed by atoms with Gasteiger partial charge in [0.15, 0.2) is 0 Å². The molecule has 0 aliphatic heterocycles. The van der Waals surface area contributed by atoms with E-state index >= 15 is 0 Å². The fourth-order valence-electron chi connectivity index (χ4n) is 2.39. The van der Waals surface area contributed by atoms with Crippen LogP contribution in [0.1, 0.15) is 37.8 Å². The fourth-order valence-corrected chi connectivity index (χ4v) is 3.03. The van der Waals surface area contributed by atoms with Crippen LogP contribution in [0.5, 0.6) is 0 Å². The van der Waals surface area contributed by atoms with E-state index in [4.69, 9.17) is 14.7 Å². The molecule has 8 nitrogen and oxygen atoms in total. The first kappa shape index (κ1) is 18.7. The Morgan fingerprint density at radius 1 is 1.28 bits per heavy atom. The largest absolute Gasteiger partial charge is 0.478 e. The van der Waals surface area contributed by atoms with Gasteiger partial charge < -0.3 is 14.4 Å². The Labute approximate surface area is 144 Å². The molecule has 2 rings (SSSR count). The topological polar surface area (TPSA) is 131 Å². The Hall–Kier alpha value is -2.65. The Balaban J connectivity index is 2.16. The number of sulfonamides is 1. The van der Waals surface area contributed by atoms with E-state index in [9.17, 15) is 18.0 Å². The van der Waals surface area contributed by atoms with Crippen molar-refractivity contribution in [2.45, 2.75) is 19.2 Å². The van der Waals surface area contributed by atoms with Crippen LogP contribution in [-0.4, -0.2) is 37.3 Å². The van der Waals surface area contributed by atoms with E-state index in [0.717, 1.165) is 0 Å². The summed E-state index contributed by atoms with van der Waals surface area (Å²) in [5, 5.41) is 14.0. The molecule has 1 aromatic carbocycles. The third-order valence-corrected chi connectivity index (χ3v) is 4.22. The second-order valence-corrected chi connectivity index (χ2v) is 7.27. The Bertz CT molecular complexity index is 916. The number of benzene rings is 1. The quantitative estimate of drug-likeness (QED) is 0.793. The number of aromatic carboxylic acids is 1. The smallest absolute Gasteiger partial charge is 0.339 e. The lowest BCUT2D eigenvalue weighted by Crippen LogP contribution is -2.26. The number of nitrogens with two attached hydrogens (primary N) is 1. The molecule has 2 aromatic rings. The van der Waals surface area contributed by atoms with Gasteiger partial charge in [-0.25, -0.2) is 18.4 Å². The van der Waals surface area contributed by atoms with Crippen molar-refractivity contribution in [2.75, 3.05) is 7.05 Å². The van der Waals surface area contributed by atoms with Crippen LogP contribution in [0.15, 0.2) is 34.7 Å². The highest BCUT2D eigenvalue weighted by molar-refractivity contribution is 7.88. The monoisotopic (exact) mass is 366 g/mol. The zero-order valence-corrected chi connectivity index (χ0v) is 14.5. The van der Waals surface area contributed by atoms with Gasteiger partial charge in [0, 0.05) is 12.6 Å². The molecule has 0 aliphatic rings. The van der Waals surface area contributed by atoms with Crippen LogP contribution in [0.25, 0.3) is 0 Å². The number of carboxylic acid groups (broad SMARTS) is 1. The van der Waals surface area contributed by atoms with Crippen molar-refractivity contribution in [1.29, 1.82) is 0 Å². The number of aryl methyl sites for hydroxylation is 1. The van der Waals surface area contributed by atoms with Gasteiger partial charge in [0.1, 0.15) is 17.1 Å². The molecule has 0 spiro atoms. The number of carbonyl (C=O) groups excluding carboxylic acids is 1. The highest BCUT2D eigenvalue weighted by Gasteiger charge is 2.18. The highest BCUT2D eigenvalue weighted by atomic mass is 32.2. The van der Waals surface area contributed by atoms with Gasteiger partial charge in [-0.3, -0.25) is 4.79 Å². The predicted molar refractivity (Wildman–Crippen MR) is 89.5 cm³/mol. The summed E-state index contributed by atoms with van der Waals surface area (Å²) >= 11 is 0. The molecule has 9 heteroatoms. The van der Waals surface area contributed by atoms with Gasteiger partial charge in [-0.1, -0.05) is 12.1 Å². The first-order chi connectivity index (χ1) is 11.6. The molecular formula is C16H18N2O6S. The molecule has 0 bridgehead atoms. The van der Waals surface area contributed by atoms with Gasteiger partial charge in [0.2, 0.25) is 10.0 Å². The van der Waals surface area contributed by atoms with E-state index < -0.39 is 16.0 Å². The maximum atomic E-state index is 12.5. The van der Waals surface area contributed by atoms with Crippen molar-refractivity contribution in [3.8, 4) is 0 Å². The molecular weight excluding hydrogens is 348 g/mol. The number of carboxylic acids is 1. The Morgan fingerprint density at radius 3 is 2.52 bits per heavy atom. The van der Waals surface area contributed by atoms with Gasteiger partial charge in [-0.2, -0.15) is 0 Å². The van der Waals surface area contributed by atoms with Gasteiger partial charge in [-0.05, 0) is 30.7 Å². The molecule has 0 aliphatic carbocycles. The van der Waals surface area contributed by atoms with Crippen molar-refractivity contribution in [2.24, 2.45) is 5.14 Å². The van der Waals surface area contributed by atoms with Crippen LogP contribution in [0.4, 0.5) is 0 Å². The van der Waals surface area contributed by atoms with Crippen molar-refractivity contribution in [3.63, 3.8) is 0 Å². The molecule has 3 N–H and O–H groups in total. The highest BCUT2D eigenvalue weighted by Crippen LogP contribution is 2.17. The number of carbonyl (C=O) groups is 2. The molecule has 134 valence electrons. The molecule has 1 heterocycles. The lowest BCUT2D eigenvalue weighted by molar-refractivity contribution is 0.0694. The summed E-state index contributed by atoms with van der Waals surface area (Å²) in [6, 6.07) is 7.52. The SMILES string of the molecule is Cc1oc(CN(C)C(=O)c2cccc(CS(N)(=O)=O)c2)cc1C(=O)O. The van der Waals surface area contributed by atoms with Gasteiger partial charge in [-0.15, -0.1) is 0 Å². The van der Waals surface area contributed by atoms with Crippen molar-refractivity contribution in [3.05, 3.63) is 58.5 Å². The van der Waals surface area contributed by atoms with Gasteiger partial charge in [0.05, 0.1) is 12.3 Å². The number of hydrogen-bond acceptors (Lipinski definition) is 5. The van der Waals surface area contributed by atoms with E-state index in [-0.39, 0.29) is 29.5 Å². The average molecular weight is 366 g/mol. The summed E-state index contributed by atoms with van der Waals surface area (Å²) in [6.45, 7) is 1.61. The molecule has 0 fully saturated rings. The summed E-state index contributed by atoms with van der Waals surface area (Å²) in [5.41, 5.74) is 0.750. The fraction of sp³-hybridized carbons (Fsp3) is 0.250. The maximum absolute atomic E-state index is 12.5. The normalized spacial score (nSPS) is 11.3. The number of hydrogen-bond donors (Lipinski definition) is 2. The minimum absolute atomic E-state index is 0.0472. The Kier molecular flexibility index (Phi) is 5.29. The van der Waals surface area contributed by atoms with Gasteiger partial charge >= 0.3 is 5.97 Å². The van der Waals surface area contributed by atoms with Crippen LogP contribution in [0.3, 0.4) is 0 Å². The summed E-state index contributed by atoms with van der Waals surface area (Å²) in [7, 11) is -2.16. The standard InChI is InChI=1S/C16H18N2O6S/c1-10-14(16(20)21)7-13(24-10)8-18(2)15(19)12-5-3-4-11(6-12)9-25(17,22)23/h3-7H,8-9H2,1-2H3,(H,20,21)(H2,17,22,23). The number of nitrogens with zero attached hydrogens (tertiary/aromatic N) is 1. The van der Waals surface area contributed by atoms with E-state index in [2.05, 4.69) is 0 Å². The molecule has 1 aromatic heterocycles. The van der Waals surface area contributed by atoms with Crippen LogP contribution in [-0.2, 0) is 22.3 Å². The van der Waals surface area contributed by atoms with Crippen LogP contribution in [0.2, 0.25) is 0 Å². The lowest BCUT2D eigenvalue weighted by Gasteiger charge is -2.16. The van der Waals surface area contributed by atoms with Crippen molar-refractivity contribution < 1.29 is 27.5 Å². The van der Waals surface area contributed by atoms with Crippen LogP contribution < -0.4 is 5.14 Å². The zero-order valence-electron chi connectivity index (χ0n) is 13.7. The molecule has 0 saturated heterocycles. The lowest BCUT2D eigenvalue weighted by atomic mass is 10.1. The molecule has 1 amide bonds. The molecule has 0 atom stereocenters. The minimum atomic E-state index is -3.69. The second kappa shape index (κ2) is 7.08. The number of amides is 1. The maximum Gasteiger partial charge on any atom is 0.339 e. The molecule has 25 heavy (non-hydrogen) atoms. The predicted octanol–water partition coefficient (Wildman–Crippen LogP) is 1.35. The third-order valence-electron chi connectivity index (χ3n) is 3.48. The van der Waals surface area contributed by atoms with E-state index in [1.165, 1.54) is 31.0 Å². The number of primary sulfonamides is 1. The molecule has 0 unspecified atom stereocenters. The third kappa shape index (κ3) is 4.91. The molecule has 0 radical (unpaired) electrons.